The first-order valence-electron chi connectivity index (χ1n) is 3.85. The fourth-order valence-corrected chi connectivity index (χ4v) is 1.18. The molecule has 0 amide bonds. The summed E-state index contributed by atoms with van der Waals surface area (Å²) >= 11 is 2.97. The van der Waals surface area contributed by atoms with Gasteiger partial charge in [-0.3, -0.25) is 0 Å². The summed E-state index contributed by atoms with van der Waals surface area (Å²) in [5.41, 5.74) is 0.445. The van der Waals surface area contributed by atoms with E-state index in [0.29, 0.717) is 5.56 Å². The zero-order valence-corrected chi connectivity index (χ0v) is 8.96. The normalized spacial score (nSPS) is 12.7. The molecule has 0 heterocycles. The fraction of sp³-hybridized carbons (Fsp3) is 0.250. The Labute approximate surface area is 96.8 Å². The summed E-state index contributed by atoms with van der Waals surface area (Å²) in [4.78, 5) is 0. The highest BCUT2D eigenvalue weighted by molar-refractivity contribution is 9.11. The van der Waals surface area contributed by atoms with E-state index in [1.54, 1.807) is 0 Å². The van der Waals surface area contributed by atoms with E-state index in [9.17, 15) is 4.39 Å². The smallest absolute Gasteiger partial charge is 0.123 e. The average Bonchev–Trinajstić information content (AvgIpc) is 2.03. The molecule has 1 aromatic rings. The van der Waals surface area contributed by atoms with Gasteiger partial charge >= 0.3 is 0 Å². The molecule has 0 saturated heterocycles. The second-order valence-corrected chi connectivity index (χ2v) is 4.46. The Balaban J connectivity index is 3.10. The lowest BCUT2D eigenvalue weighted by Gasteiger charge is -2.40. The van der Waals surface area contributed by atoms with Crippen LogP contribution in [0.4, 0.5) is 4.39 Å². The van der Waals surface area contributed by atoms with Gasteiger partial charge in [-0.05, 0) is 12.1 Å². The van der Waals surface area contributed by atoms with Gasteiger partial charge in [-0.25, -0.2) is 4.39 Å². The Morgan fingerprint density at radius 2 is 1.43 bits per heavy atom. The van der Waals surface area contributed by atoms with Gasteiger partial charge in [0.05, 0.1) is 31.4 Å². The first-order chi connectivity index (χ1) is 6.25. The van der Waals surface area contributed by atoms with Crippen molar-refractivity contribution in [3.8, 4) is 0 Å². The van der Waals surface area contributed by atoms with Gasteiger partial charge in [0, 0.05) is 0 Å². The molecule has 62 valence electrons. The molecular formula is C8H4B4BrF. The Bertz CT molecular complexity index is 317. The number of rotatable bonds is 2. The summed E-state index contributed by atoms with van der Waals surface area (Å²) in [6.07, 6.45) is 0. The van der Waals surface area contributed by atoms with Gasteiger partial charge in [-0.2, -0.15) is 0 Å². The molecule has 0 aromatic heterocycles. The van der Waals surface area contributed by atoms with E-state index in [0.717, 1.165) is 0 Å². The predicted octanol–water partition coefficient (Wildman–Crippen LogP) is 0.701. The van der Waals surface area contributed by atoms with Gasteiger partial charge in [0.1, 0.15) is 5.82 Å². The topological polar surface area (TPSA) is 0 Å². The molecule has 0 unspecified atom stereocenters. The van der Waals surface area contributed by atoms with Crippen LogP contribution in [0.1, 0.15) is 5.56 Å². The maximum absolute atomic E-state index is 12.6. The average molecular weight is 242 g/mol. The molecule has 0 bridgehead atoms. The molecule has 0 fully saturated rings. The molecular weight excluding hydrogens is 238 g/mol. The van der Waals surface area contributed by atoms with Crippen molar-refractivity contribution in [3.05, 3.63) is 35.6 Å². The molecule has 0 saturated carbocycles. The molecule has 1 aromatic carbocycles. The lowest BCUT2D eigenvalue weighted by molar-refractivity contribution is 0.626. The van der Waals surface area contributed by atoms with E-state index < -0.39 is 9.34 Å². The van der Waals surface area contributed by atoms with E-state index in [4.69, 9.17) is 31.4 Å². The van der Waals surface area contributed by atoms with Crippen molar-refractivity contribution in [1.82, 2.24) is 0 Å². The van der Waals surface area contributed by atoms with E-state index in [1.165, 1.54) is 24.3 Å². The van der Waals surface area contributed by atoms with E-state index in [-0.39, 0.29) is 5.82 Å². The third kappa shape index (κ3) is 2.28. The minimum absolute atomic E-state index is 0.376. The summed E-state index contributed by atoms with van der Waals surface area (Å²) < 4.78 is 11.2. The molecule has 0 N–H and O–H groups in total. The minimum atomic E-state index is -1.47. The minimum Gasteiger partial charge on any atom is -0.207 e. The second kappa shape index (κ2) is 3.80. The molecule has 14 heavy (non-hydrogen) atoms. The summed E-state index contributed by atoms with van der Waals surface area (Å²) in [7, 11) is 22.5. The van der Waals surface area contributed by atoms with Crippen molar-refractivity contribution in [2.75, 3.05) is 0 Å². The SMILES string of the molecule is [B]C([B])(Br)C([B])([B])c1ccc(F)cc1. The van der Waals surface area contributed by atoms with Gasteiger partial charge in [0.15, 0.2) is 0 Å². The van der Waals surface area contributed by atoms with Crippen LogP contribution in [0.2, 0.25) is 0 Å². The molecule has 0 aliphatic carbocycles. The predicted molar refractivity (Wildman–Crippen MR) is 62.8 cm³/mol. The van der Waals surface area contributed by atoms with Crippen molar-refractivity contribution >= 4 is 47.3 Å². The van der Waals surface area contributed by atoms with Crippen molar-refractivity contribution in [2.24, 2.45) is 0 Å². The summed E-state index contributed by atoms with van der Waals surface area (Å²) in [5, 5.41) is -1.47. The first-order valence-corrected chi connectivity index (χ1v) is 4.65. The van der Waals surface area contributed by atoms with Gasteiger partial charge in [0.2, 0.25) is 0 Å². The van der Waals surface area contributed by atoms with Crippen LogP contribution < -0.4 is 0 Å². The van der Waals surface area contributed by atoms with Crippen LogP contribution in [0.3, 0.4) is 0 Å². The maximum atomic E-state index is 12.6. The fourth-order valence-electron chi connectivity index (χ4n) is 0.947. The maximum Gasteiger partial charge on any atom is 0.123 e. The number of hydrogen-bond donors (Lipinski definition) is 0. The molecule has 0 nitrogen and oxygen atoms in total. The standard InChI is InChI=1S/C8H4B4BrF/c9-7(10,8(11,12)13)5-1-3-6(14)4-2-5/h1-4H. The van der Waals surface area contributed by atoms with Gasteiger partial charge in [0.25, 0.3) is 0 Å². The largest absolute Gasteiger partial charge is 0.207 e. The Kier molecular flexibility index (Phi) is 3.25. The van der Waals surface area contributed by atoms with Crippen LogP contribution >= 0.6 is 15.9 Å². The van der Waals surface area contributed by atoms with Gasteiger partial charge < -0.3 is 0 Å². The van der Waals surface area contributed by atoms with Crippen LogP contribution in [0.15, 0.2) is 24.3 Å². The van der Waals surface area contributed by atoms with E-state index in [2.05, 4.69) is 15.9 Å². The zero-order valence-electron chi connectivity index (χ0n) is 7.37. The Morgan fingerprint density at radius 3 is 1.79 bits per heavy atom. The van der Waals surface area contributed by atoms with Crippen LogP contribution in [0, 0.1) is 5.82 Å². The van der Waals surface area contributed by atoms with Crippen molar-refractivity contribution in [1.29, 1.82) is 0 Å². The van der Waals surface area contributed by atoms with Crippen LogP contribution in [0.5, 0.6) is 0 Å². The van der Waals surface area contributed by atoms with Crippen LogP contribution in [0.25, 0.3) is 0 Å². The number of alkyl halides is 1. The van der Waals surface area contributed by atoms with E-state index in [1.807, 2.05) is 0 Å². The monoisotopic (exact) mass is 242 g/mol. The quantitative estimate of drug-likeness (QED) is 0.529. The Morgan fingerprint density at radius 1 is 1.00 bits per heavy atom. The number of halogens is 2. The molecule has 0 spiro atoms. The first kappa shape index (κ1) is 12.0. The highest BCUT2D eigenvalue weighted by Crippen LogP contribution is 2.31. The second-order valence-electron chi connectivity index (χ2n) is 3.14. The summed E-state index contributed by atoms with van der Waals surface area (Å²) in [5.74, 6) is -0.376. The zero-order chi connectivity index (χ0) is 11.0. The van der Waals surface area contributed by atoms with Gasteiger partial charge in [-0.1, -0.05) is 27.0 Å². The highest BCUT2D eigenvalue weighted by atomic mass is 79.9. The van der Waals surface area contributed by atoms with Crippen LogP contribution in [-0.2, 0) is 5.21 Å². The lowest BCUT2D eigenvalue weighted by Crippen LogP contribution is -2.49. The third-order valence-electron chi connectivity index (χ3n) is 1.96. The molecule has 8 radical (unpaired) electrons. The molecule has 0 aliphatic rings. The highest BCUT2D eigenvalue weighted by Gasteiger charge is 2.33. The van der Waals surface area contributed by atoms with Crippen molar-refractivity contribution in [3.63, 3.8) is 0 Å². The molecule has 0 aliphatic heterocycles. The molecule has 0 atom stereocenters. The number of hydrogen-bond acceptors (Lipinski definition) is 0. The van der Waals surface area contributed by atoms with Crippen LogP contribution in [-0.4, -0.2) is 35.5 Å². The molecule has 1 rings (SSSR count). The summed E-state index contributed by atoms with van der Waals surface area (Å²) in [6.45, 7) is 0. The lowest BCUT2D eigenvalue weighted by atomic mass is 9.36. The Hall–Kier alpha value is -0.110. The third-order valence-corrected chi connectivity index (χ3v) is 2.61. The van der Waals surface area contributed by atoms with E-state index >= 15 is 0 Å². The van der Waals surface area contributed by atoms with Crippen molar-refractivity contribution < 1.29 is 4.39 Å². The van der Waals surface area contributed by atoms with Crippen molar-refractivity contribution in [2.45, 2.75) is 9.34 Å². The van der Waals surface area contributed by atoms with Gasteiger partial charge in [-0.15, -0.1) is 15.9 Å². The summed E-state index contributed by atoms with van der Waals surface area (Å²) in [6, 6.07) is 5.35. The number of benzene rings is 1. The molecule has 6 heteroatoms.